The van der Waals surface area contributed by atoms with Crippen molar-refractivity contribution >= 4 is 11.7 Å². The van der Waals surface area contributed by atoms with Crippen LogP contribution in [0.25, 0.3) is 0 Å². The Morgan fingerprint density at radius 1 is 1.22 bits per heavy atom. The maximum Gasteiger partial charge on any atom is 0.319 e. The Balaban J connectivity index is 1.56. The third-order valence-electron chi connectivity index (χ3n) is 4.48. The first-order chi connectivity index (χ1) is 13.0. The van der Waals surface area contributed by atoms with Crippen LogP contribution in [0, 0.1) is 0 Å². The number of ether oxygens (including phenoxy) is 1. The van der Waals surface area contributed by atoms with E-state index in [9.17, 15) is 9.90 Å². The lowest BCUT2D eigenvalue weighted by Gasteiger charge is -2.35. The van der Waals surface area contributed by atoms with Gasteiger partial charge in [-0.2, -0.15) is 0 Å². The highest BCUT2D eigenvalue weighted by Crippen LogP contribution is 2.20. The molecule has 1 aliphatic rings. The number of hydrogen-bond donors (Lipinski definition) is 3. The minimum atomic E-state index is -0.877. The Labute approximate surface area is 159 Å². The van der Waals surface area contributed by atoms with E-state index in [1.165, 1.54) is 6.26 Å². The number of anilines is 1. The van der Waals surface area contributed by atoms with Crippen LogP contribution in [0.1, 0.15) is 31.3 Å². The minimum absolute atomic E-state index is 0.0695. The van der Waals surface area contributed by atoms with Gasteiger partial charge < -0.3 is 24.9 Å². The van der Waals surface area contributed by atoms with Crippen LogP contribution in [0.15, 0.2) is 47.1 Å². The summed E-state index contributed by atoms with van der Waals surface area (Å²) in [7, 11) is 0. The first-order valence-electron chi connectivity index (χ1n) is 9.23. The average Bonchev–Trinajstić information content (AvgIpc) is 3.15. The fourth-order valence-electron chi connectivity index (χ4n) is 3.37. The van der Waals surface area contributed by atoms with Gasteiger partial charge in [-0.05, 0) is 37.6 Å². The number of rotatable bonds is 6. The molecular weight excluding hydrogens is 346 g/mol. The summed E-state index contributed by atoms with van der Waals surface area (Å²) in [5.41, 5.74) is 1.80. The van der Waals surface area contributed by atoms with E-state index in [4.69, 9.17) is 9.15 Å². The Hall–Kier alpha value is -2.35. The van der Waals surface area contributed by atoms with Gasteiger partial charge in [0.1, 0.15) is 11.9 Å². The summed E-state index contributed by atoms with van der Waals surface area (Å²) >= 11 is 0. The van der Waals surface area contributed by atoms with Gasteiger partial charge in [-0.25, -0.2) is 4.79 Å². The van der Waals surface area contributed by atoms with Gasteiger partial charge in [0.05, 0.1) is 25.0 Å². The molecule has 1 aromatic heterocycles. The Bertz CT molecular complexity index is 725. The molecule has 3 rings (SSSR count). The second kappa shape index (κ2) is 9.03. The molecule has 2 heterocycles. The van der Waals surface area contributed by atoms with E-state index in [1.54, 1.807) is 12.1 Å². The molecule has 3 unspecified atom stereocenters. The van der Waals surface area contributed by atoms with E-state index in [1.807, 2.05) is 24.3 Å². The Morgan fingerprint density at radius 2 is 1.96 bits per heavy atom. The topological polar surface area (TPSA) is 87.0 Å². The molecule has 0 spiro atoms. The third kappa shape index (κ3) is 5.56. The van der Waals surface area contributed by atoms with E-state index in [-0.39, 0.29) is 24.8 Å². The molecule has 146 valence electrons. The van der Waals surface area contributed by atoms with Gasteiger partial charge in [0.15, 0.2) is 0 Å². The van der Waals surface area contributed by atoms with E-state index in [0.29, 0.717) is 5.76 Å². The second-order valence-corrected chi connectivity index (χ2v) is 6.97. The molecule has 0 aliphatic carbocycles. The van der Waals surface area contributed by atoms with Crippen molar-refractivity contribution in [2.24, 2.45) is 0 Å². The Morgan fingerprint density at radius 3 is 2.67 bits per heavy atom. The standard InChI is InChI=1S/C20H27N3O4/c1-14-11-23(12-15(2)27-14)13-16-6-3-4-7-17(16)22-20(25)21-10-18(24)19-8-5-9-26-19/h3-9,14-15,18,24H,10-13H2,1-2H3,(H2,21,22,25). The molecule has 1 saturated heterocycles. The zero-order chi connectivity index (χ0) is 19.2. The van der Waals surface area contributed by atoms with Gasteiger partial charge in [-0.15, -0.1) is 0 Å². The number of amides is 2. The number of nitrogens with one attached hydrogen (secondary N) is 2. The molecule has 7 nitrogen and oxygen atoms in total. The number of urea groups is 1. The van der Waals surface area contributed by atoms with Crippen LogP contribution in [0.2, 0.25) is 0 Å². The van der Waals surface area contributed by atoms with E-state index in [0.717, 1.165) is 30.9 Å². The fourth-order valence-corrected chi connectivity index (χ4v) is 3.37. The summed E-state index contributed by atoms with van der Waals surface area (Å²) in [6.07, 6.45) is 1.00. The normalized spacial score (nSPS) is 21.6. The quantitative estimate of drug-likeness (QED) is 0.725. The van der Waals surface area contributed by atoms with Crippen molar-refractivity contribution in [3.05, 3.63) is 54.0 Å². The zero-order valence-electron chi connectivity index (χ0n) is 15.7. The molecular formula is C20H27N3O4. The molecule has 3 N–H and O–H groups in total. The van der Waals surface area contributed by atoms with Crippen molar-refractivity contribution in [1.29, 1.82) is 0 Å². The molecule has 0 bridgehead atoms. The van der Waals surface area contributed by atoms with E-state index < -0.39 is 6.10 Å². The number of benzene rings is 1. The van der Waals surface area contributed by atoms with Crippen molar-refractivity contribution in [2.75, 3.05) is 25.0 Å². The number of carbonyl (C=O) groups is 1. The summed E-state index contributed by atoms with van der Waals surface area (Å²) in [5.74, 6) is 0.422. The van der Waals surface area contributed by atoms with Gasteiger partial charge in [0.25, 0.3) is 0 Å². The number of carbonyl (C=O) groups excluding carboxylic acids is 1. The van der Waals surface area contributed by atoms with Crippen LogP contribution in [-0.2, 0) is 11.3 Å². The van der Waals surface area contributed by atoms with Gasteiger partial charge in [-0.1, -0.05) is 18.2 Å². The van der Waals surface area contributed by atoms with Crippen LogP contribution in [-0.4, -0.2) is 47.9 Å². The first kappa shape index (κ1) is 19.4. The molecule has 7 heteroatoms. The molecule has 1 aromatic carbocycles. The molecule has 27 heavy (non-hydrogen) atoms. The predicted octanol–water partition coefficient (Wildman–Crippen LogP) is 2.74. The lowest BCUT2D eigenvalue weighted by Crippen LogP contribution is -2.45. The van der Waals surface area contributed by atoms with Gasteiger partial charge >= 0.3 is 6.03 Å². The molecule has 0 radical (unpaired) electrons. The third-order valence-corrected chi connectivity index (χ3v) is 4.48. The smallest absolute Gasteiger partial charge is 0.319 e. The highest BCUT2D eigenvalue weighted by Gasteiger charge is 2.23. The molecule has 1 aliphatic heterocycles. The largest absolute Gasteiger partial charge is 0.467 e. The number of aliphatic hydroxyl groups is 1. The van der Waals surface area contributed by atoms with Crippen molar-refractivity contribution in [3.63, 3.8) is 0 Å². The van der Waals surface area contributed by atoms with Crippen LogP contribution >= 0.6 is 0 Å². The highest BCUT2D eigenvalue weighted by molar-refractivity contribution is 5.90. The van der Waals surface area contributed by atoms with Crippen molar-refractivity contribution in [3.8, 4) is 0 Å². The molecule has 2 aromatic rings. The molecule has 0 saturated carbocycles. The lowest BCUT2D eigenvalue weighted by molar-refractivity contribution is -0.0704. The van der Waals surface area contributed by atoms with Gasteiger partial charge in [0, 0.05) is 25.3 Å². The maximum absolute atomic E-state index is 12.2. The predicted molar refractivity (Wildman–Crippen MR) is 102 cm³/mol. The van der Waals surface area contributed by atoms with Crippen molar-refractivity contribution < 1.29 is 19.1 Å². The highest BCUT2D eigenvalue weighted by atomic mass is 16.5. The van der Waals surface area contributed by atoms with E-state index >= 15 is 0 Å². The zero-order valence-corrected chi connectivity index (χ0v) is 15.7. The molecule has 3 atom stereocenters. The number of hydrogen-bond acceptors (Lipinski definition) is 5. The summed E-state index contributed by atoms with van der Waals surface area (Å²) in [6, 6.07) is 10.8. The second-order valence-electron chi connectivity index (χ2n) is 6.97. The summed E-state index contributed by atoms with van der Waals surface area (Å²) < 4.78 is 10.9. The summed E-state index contributed by atoms with van der Waals surface area (Å²) in [6.45, 7) is 6.68. The summed E-state index contributed by atoms with van der Waals surface area (Å²) in [5, 5.41) is 15.5. The number of nitrogens with zero attached hydrogens (tertiary/aromatic N) is 1. The fraction of sp³-hybridized carbons (Fsp3) is 0.450. The van der Waals surface area contributed by atoms with Crippen LogP contribution in [0.4, 0.5) is 10.5 Å². The number of furan rings is 1. The van der Waals surface area contributed by atoms with Crippen LogP contribution < -0.4 is 10.6 Å². The Kier molecular flexibility index (Phi) is 6.49. The maximum atomic E-state index is 12.2. The monoisotopic (exact) mass is 373 g/mol. The van der Waals surface area contributed by atoms with Crippen LogP contribution in [0.3, 0.4) is 0 Å². The number of para-hydroxylation sites is 1. The number of morpholine rings is 1. The summed E-state index contributed by atoms with van der Waals surface area (Å²) in [4.78, 5) is 14.6. The minimum Gasteiger partial charge on any atom is -0.467 e. The van der Waals surface area contributed by atoms with Crippen LogP contribution in [0.5, 0.6) is 0 Å². The van der Waals surface area contributed by atoms with Crippen molar-refractivity contribution in [1.82, 2.24) is 10.2 Å². The SMILES string of the molecule is CC1CN(Cc2ccccc2NC(=O)NCC(O)c2ccco2)CC(C)O1. The molecule has 2 amide bonds. The molecule has 1 fully saturated rings. The van der Waals surface area contributed by atoms with Crippen molar-refractivity contribution in [2.45, 2.75) is 38.7 Å². The number of aliphatic hydroxyl groups excluding tert-OH is 1. The lowest BCUT2D eigenvalue weighted by atomic mass is 10.1. The van der Waals surface area contributed by atoms with Gasteiger partial charge in [-0.3, -0.25) is 4.90 Å². The first-order valence-corrected chi connectivity index (χ1v) is 9.23. The average molecular weight is 373 g/mol. The van der Waals surface area contributed by atoms with E-state index in [2.05, 4.69) is 29.4 Å². The van der Waals surface area contributed by atoms with Gasteiger partial charge in [0.2, 0.25) is 0 Å².